The Morgan fingerprint density at radius 3 is 1.00 bits per heavy atom. The predicted molar refractivity (Wildman–Crippen MR) is 259 cm³/mol. The van der Waals surface area contributed by atoms with E-state index in [4.69, 9.17) is 61.6 Å². The quantitative estimate of drug-likeness (QED) is 0.0638. The minimum atomic E-state index is -0.415. The van der Waals surface area contributed by atoms with Gasteiger partial charge >= 0.3 is 6.09 Å². The molecular weight excluding hydrogens is 863 g/mol. The van der Waals surface area contributed by atoms with Crippen molar-refractivity contribution in [3.8, 4) is 11.1 Å². The van der Waals surface area contributed by atoms with E-state index >= 15 is 0 Å². The molecular formula is C52H87NO14. The third-order valence-electron chi connectivity index (χ3n) is 10.8. The number of amides is 1. The molecule has 0 aliphatic heterocycles. The SMILES string of the molecule is CCCCCCCCCCCCOCCOCCOCCOCCOCCOCCOCCOCCOCCOCCOCCOCCCNC(=O)OCC1c2ccccc2-c2ccccc21. The fourth-order valence-corrected chi connectivity index (χ4v) is 7.23. The van der Waals surface area contributed by atoms with E-state index in [1.165, 1.54) is 80.0 Å². The van der Waals surface area contributed by atoms with Crippen LogP contribution in [0.5, 0.6) is 0 Å². The Morgan fingerprint density at radius 2 is 0.657 bits per heavy atom. The molecule has 2 aromatic rings. The fourth-order valence-electron chi connectivity index (χ4n) is 7.23. The molecule has 3 rings (SSSR count). The predicted octanol–water partition coefficient (Wildman–Crippen LogP) is 8.04. The summed E-state index contributed by atoms with van der Waals surface area (Å²) >= 11 is 0. The summed E-state index contributed by atoms with van der Waals surface area (Å²) in [5.74, 6) is 0.0481. The maximum atomic E-state index is 12.3. The summed E-state index contributed by atoms with van der Waals surface area (Å²) in [4.78, 5) is 12.3. The van der Waals surface area contributed by atoms with Crippen molar-refractivity contribution in [3.63, 3.8) is 0 Å². The number of hydrogen-bond acceptors (Lipinski definition) is 14. The highest BCUT2D eigenvalue weighted by molar-refractivity contribution is 5.79. The van der Waals surface area contributed by atoms with Gasteiger partial charge in [0.2, 0.25) is 0 Å². The van der Waals surface area contributed by atoms with Crippen LogP contribution < -0.4 is 5.32 Å². The van der Waals surface area contributed by atoms with Crippen molar-refractivity contribution < 1.29 is 66.4 Å². The molecule has 1 aliphatic carbocycles. The van der Waals surface area contributed by atoms with Crippen molar-refractivity contribution in [1.82, 2.24) is 5.32 Å². The van der Waals surface area contributed by atoms with E-state index in [2.05, 4.69) is 36.5 Å². The van der Waals surface area contributed by atoms with Gasteiger partial charge in [-0.2, -0.15) is 0 Å². The van der Waals surface area contributed by atoms with Crippen LogP contribution in [0.1, 0.15) is 94.6 Å². The second kappa shape index (κ2) is 44.4. The largest absolute Gasteiger partial charge is 0.449 e. The first-order chi connectivity index (χ1) is 33.3. The van der Waals surface area contributed by atoms with Crippen LogP contribution in [0.4, 0.5) is 4.79 Å². The Morgan fingerprint density at radius 1 is 0.373 bits per heavy atom. The topological polar surface area (TPSA) is 149 Å². The molecule has 0 heterocycles. The number of carbonyl (C=O) groups excluding carboxylic acids is 1. The Bertz CT molecular complexity index is 1360. The van der Waals surface area contributed by atoms with Gasteiger partial charge in [-0.25, -0.2) is 4.79 Å². The number of nitrogens with one attached hydrogen (secondary N) is 1. The second-order valence-corrected chi connectivity index (χ2v) is 16.1. The summed E-state index contributed by atoms with van der Waals surface area (Å²) in [6, 6.07) is 16.6. The lowest BCUT2D eigenvalue weighted by atomic mass is 9.98. The Hall–Kier alpha value is -2.77. The van der Waals surface area contributed by atoms with Crippen molar-refractivity contribution in [2.24, 2.45) is 0 Å². The summed E-state index contributed by atoms with van der Waals surface area (Å²) in [5, 5.41) is 2.81. The Kier molecular flexibility index (Phi) is 38.8. The first-order valence-corrected chi connectivity index (χ1v) is 25.3. The summed E-state index contributed by atoms with van der Waals surface area (Å²) in [7, 11) is 0. The first-order valence-electron chi connectivity index (χ1n) is 25.3. The van der Waals surface area contributed by atoms with Crippen molar-refractivity contribution in [3.05, 3.63) is 59.7 Å². The number of unbranched alkanes of at least 4 members (excludes halogenated alkanes) is 9. The maximum absolute atomic E-state index is 12.3. The van der Waals surface area contributed by atoms with E-state index in [1.807, 2.05) is 24.3 Å². The third-order valence-corrected chi connectivity index (χ3v) is 10.8. The number of rotatable bonds is 50. The molecule has 1 amide bonds. The van der Waals surface area contributed by atoms with Crippen molar-refractivity contribution in [2.75, 3.05) is 172 Å². The van der Waals surface area contributed by atoms with E-state index in [0.29, 0.717) is 172 Å². The zero-order valence-electron chi connectivity index (χ0n) is 41.1. The second-order valence-electron chi connectivity index (χ2n) is 16.1. The summed E-state index contributed by atoms with van der Waals surface area (Å²) in [6.07, 6.45) is 13.6. The highest BCUT2D eigenvalue weighted by Crippen LogP contribution is 2.44. The minimum absolute atomic E-state index is 0.0481. The lowest BCUT2D eigenvalue weighted by molar-refractivity contribution is -0.0283. The van der Waals surface area contributed by atoms with Gasteiger partial charge in [0.05, 0.1) is 145 Å². The van der Waals surface area contributed by atoms with Gasteiger partial charge in [-0.15, -0.1) is 0 Å². The lowest BCUT2D eigenvalue weighted by Crippen LogP contribution is -2.27. The van der Waals surface area contributed by atoms with Gasteiger partial charge in [0.25, 0.3) is 0 Å². The average molecular weight is 950 g/mol. The first kappa shape index (κ1) is 58.5. The molecule has 0 atom stereocenters. The summed E-state index contributed by atoms with van der Waals surface area (Å²) < 4.78 is 72.2. The molecule has 15 nitrogen and oxygen atoms in total. The van der Waals surface area contributed by atoms with Gasteiger partial charge < -0.3 is 66.9 Å². The lowest BCUT2D eigenvalue weighted by Gasteiger charge is -2.14. The normalized spacial score (nSPS) is 12.2. The van der Waals surface area contributed by atoms with Crippen LogP contribution in [0.3, 0.4) is 0 Å². The molecule has 0 saturated carbocycles. The Balaban J connectivity index is 0.895. The number of hydrogen-bond donors (Lipinski definition) is 1. The molecule has 0 aromatic heterocycles. The zero-order chi connectivity index (χ0) is 47.2. The smallest absolute Gasteiger partial charge is 0.407 e. The van der Waals surface area contributed by atoms with Crippen LogP contribution in [0.15, 0.2) is 48.5 Å². The van der Waals surface area contributed by atoms with Crippen LogP contribution in [0.2, 0.25) is 0 Å². The van der Waals surface area contributed by atoms with E-state index in [0.717, 1.165) is 13.0 Å². The molecule has 0 saturated heterocycles. The molecule has 67 heavy (non-hydrogen) atoms. The molecule has 15 heteroatoms. The van der Waals surface area contributed by atoms with Crippen LogP contribution in [0.25, 0.3) is 11.1 Å². The van der Waals surface area contributed by atoms with Crippen LogP contribution in [-0.4, -0.2) is 178 Å². The fraction of sp³-hybridized carbons (Fsp3) is 0.750. The van der Waals surface area contributed by atoms with Gasteiger partial charge in [-0.05, 0) is 35.1 Å². The minimum Gasteiger partial charge on any atom is -0.449 e. The van der Waals surface area contributed by atoms with E-state index in [9.17, 15) is 4.79 Å². The van der Waals surface area contributed by atoms with E-state index in [1.54, 1.807) is 0 Å². The highest BCUT2D eigenvalue weighted by atomic mass is 16.6. The molecule has 0 radical (unpaired) electrons. The maximum Gasteiger partial charge on any atom is 0.407 e. The zero-order valence-corrected chi connectivity index (χ0v) is 41.1. The number of ether oxygens (including phenoxy) is 13. The molecule has 1 aliphatic rings. The monoisotopic (exact) mass is 950 g/mol. The van der Waals surface area contributed by atoms with Gasteiger partial charge in [0.1, 0.15) is 6.61 Å². The van der Waals surface area contributed by atoms with Gasteiger partial charge in [-0.3, -0.25) is 0 Å². The van der Waals surface area contributed by atoms with Gasteiger partial charge in [0.15, 0.2) is 0 Å². The Labute approximate surface area is 402 Å². The standard InChI is InChI=1S/C52H87NO14/c1-2-3-4-5-6-7-8-9-10-15-22-55-24-26-57-28-30-59-32-34-61-36-38-63-40-42-65-44-45-66-43-41-64-39-37-62-35-33-60-31-29-58-27-25-56-23-16-21-53-52(54)67-46-51-49-19-13-11-17-47(49)48-18-12-14-20-50(48)51/h11-14,17-20,51H,2-10,15-16,21-46H2,1H3,(H,53,54). The molecule has 0 fully saturated rings. The molecule has 384 valence electrons. The summed E-state index contributed by atoms with van der Waals surface area (Å²) in [6.45, 7) is 15.8. The van der Waals surface area contributed by atoms with Crippen molar-refractivity contribution in [2.45, 2.75) is 83.5 Å². The van der Waals surface area contributed by atoms with Crippen molar-refractivity contribution >= 4 is 6.09 Å². The third kappa shape index (κ3) is 31.9. The molecule has 0 spiro atoms. The van der Waals surface area contributed by atoms with Crippen LogP contribution >= 0.6 is 0 Å². The molecule has 0 bridgehead atoms. The number of alkyl carbamates (subject to hydrolysis) is 1. The number of benzene rings is 2. The number of fused-ring (bicyclic) bond motifs is 3. The van der Waals surface area contributed by atoms with Gasteiger partial charge in [-0.1, -0.05) is 113 Å². The van der Waals surface area contributed by atoms with Crippen molar-refractivity contribution in [1.29, 1.82) is 0 Å². The van der Waals surface area contributed by atoms with E-state index < -0.39 is 6.09 Å². The van der Waals surface area contributed by atoms with Crippen LogP contribution in [0, 0.1) is 0 Å². The van der Waals surface area contributed by atoms with Crippen LogP contribution in [-0.2, 0) is 61.6 Å². The average Bonchev–Trinajstić information content (AvgIpc) is 3.67. The molecule has 2 aromatic carbocycles. The summed E-state index contributed by atoms with van der Waals surface area (Å²) in [5.41, 5.74) is 4.81. The molecule has 0 unspecified atom stereocenters. The highest BCUT2D eigenvalue weighted by Gasteiger charge is 2.29. The molecule has 1 N–H and O–H groups in total. The number of carbonyl (C=O) groups is 1. The van der Waals surface area contributed by atoms with E-state index in [-0.39, 0.29) is 5.92 Å². The van der Waals surface area contributed by atoms with Gasteiger partial charge in [0, 0.05) is 25.7 Å².